The Labute approximate surface area is 84.5 Å². The van der Waals surface area contributed by atoms with Crippen molar-refractivity contribution >= 4 is 0 Å². The van der Waals surface area contributed by atoms with Gasteiger partial charge in [0.2, 0.25) is 0 Å². The van der Waals surface area contributed by atoms with Gasteiger partial charge in [0.25, 0.3) is 0 Å². The van der Waals surface area contributed by atoms with E-state index < -0.39 is 0 Å². The van der Waals surface area contributed by atoms with Crippen molar-refractivity contribution < 1.29 is 9.84 Å². The fourth-order valence-corrected chi connectivity index (χ4v) is 2.08. The monoisotopic (exact) mass is 192 g/mol. The average Bonchev–Trinajstić information content (AvgIpc) is 2.20. The molecule has 2 heteroatoms. The Bertz CT molecular complexity index is 320. The number of rotatable bonds is 2. The molecule has 1 aromatic carbocycles. The van der Waals surface area contributed by atoms with Crippen LogP contribution in [-0.4, -0.2) is 11.7 Å². The lowest BCUT2D eigenvalue weighted by molar-refractivity contribution is 0.155. The summed E-state index contributed by atoms with van der Waals surface area (Å²) in [4.78, 5) is 0. The van der Waals surface area contributed by atoms with Crippen LogP contribution in [-0.2, 0) is 6.42 Å². The number of ether oxygens (including phenoxy) is 1. The van der Waals surface area contributed by atoms with E-state index >= 15 is 0 Å². The van der Waals surface area contributed by atoms with E-state index in [1.165, 1.54) is 5.56 Å². The lowest BCUT2D eigenvalue weighted by atomic mass is 9.89. The SMILES string of the molecule is CCOc1cccc2c1CCCC2O. The van der Waals surface area contributed by atoms with Crippen molar-refractivity contribution in [2.75, 3.05) is 6.61 Å². The second-order valence-corrected chi connectivity index (χ2v) is 3.66. The Kier molecular flexibility index (Phi) is 2.73. The first-order chi connectivity index (χ1) is 6.83. The molecule has 0 heterocycles. The summed E-state index contributed by atoms with van der Waals surface area (Å²) in [7, 11) is 0. The zero-order valence-corrected chi connectivity index (χ0v) is 8.49. The molecule has 0 aliphatic heterocycles. The van der Waals surface area contributed by atoms with Crippen LogP contribution < -0.4 is 4.74 Å². The van der Waals surface area contributed by atoms with Crippen LogP contribution in [0.25, 0.3) is 0 Å². The first-order valence-electron chi connectivity index (χ1n) is 5.25. The molecule has 1 atom stereocenters. The summed E-state index contributed by atoms with van der Waals surface area (Å²) in [5.41, 5.74) is 2.26. The third-order valence-electron chi connectivity index (χ3n) is 2.73. The molecule has 2 nitrogen and oxygen atoms in total. The third kappa shape index (κ3) is 1.62. The molecule has 1 aromatic rings. The molecule has 0 saturated heterocycles. The fourth-order valence-electron chi connectivity index (χ4n) is 2.08. The second-order valence-electron chi connectivity index (χ2n) is 3.66. The molecule has 1 aliphatic carbocycles. The molecular formula is C12H16O2. The van der Waals surface area contributed by atoms with Crippen LogP contribution in [0, 0.1) is 0 Å². The van der Waals surface area contributed by atoms with Gasteiger partial charge in [-0.05, 0) is 43.4 Å². The lowest BCUT2D eigenvalue weighted by Gasteiger charge is -2.23. The van der Waals surface area contributed by atoms with Crippen molar-refractivity contribution in [3.63, 3.8) is 0 Å². The van der Waals surface area contributed by atoms with Crippen LogP contribution in [0.1, 0.15) is 37.0 Å². The minimum absolute atomic E-state index is 0.292. The van der Waals surface area contributed by atoms with Crippen LogP contribution in [0.3, 0.4) is 0 Å². The van der Waals surface area contributed by atoms with Crippen molar-refractivity contribution in [1.29, 1.82) is 0 Å². The highest BCUT2D eigenvalue weighted by atomic mass is 16.5. The van der Waals surface area contributed by atoms with Gasteiger partial charge < -0.3 is 9.84 Å². The summed E-state index contributed by atoms with van der Waals surface area (Å²) in [6, 6.07) is 5.94. The number of aliphatic hydroxyl groups excluding tert-OH is 1. The van der Waals surface area contributed by atoms with Crippen LogP contribution in [0.4, 0.5) is 0 Å². The fraction of sp³-hybridized carbons (Fsp3) is 0.500. The summed E-state index contributed by atoms with van der Waals surface area (Å²) in [6.45, 7) is 2.67. The van der Waals surface area contributed by atoms with Gasteiger partial charge in [0.15, 0.2) is 0 Å². The van der Waals surface area contributed by atoms with Gasteiger partial charge in [0.05, 0.1) is 12.7 Å². The van der Waals surface area contributed by atoms with Gasteiger partial charge in [-0.25, -0.2) is 0 Å². The zero-order chi connectivity index (χ0) is 9.97. The predicted octanol–water partition coefficient (Wildman–Crippen LogP) is 2.46. The topological polar surface area (TPSA) is 29.5 Å². The van der Waals surface area contributed by atoms with Gasteiger partial charge in [-0.2, -0.15) is 0 Å². The van der Waals surface area contributed by atoms with Crippen molar-refractivity contribution in [2.24, 2.45) is 0 Å². The van der Waals surface area contributed by atoms with Gasteiger partial charge in [-0.3, -0.25) is 0 Å². The summed E-state index contributed by atoms with van der Waals surface area (Å²) in [5, 5.41) is 9.80. The van der Waals surface area contributed by atoms with E-state index in [9.17, 15) is 5.11 Å². The maximum atomic E-state index is 9.80. The van der Waals surface area contributed by atoms with E-state index in [1.54, 1.807) is 0 Å². The van der Waals surface area contributed by atoms with Crippen molar-refractivity contribution in [3.8, 4) is 5.75 Å². The van der Waals surface area contributed by atoms with E-state index in [1.807, 2.05) is 25.1 Å². The Hall–Kier alpha value is -1.02. The summed E-state index contributed by atoms with van der Waals surface area (Å²) in [6.07, 6.45) is 2.67. The molecular weight excluding hydrogens is 176 g/mol. The Balaban J connectivity index is 2.39. The molecule has 76 valence electrons. The van der Waals surface area contributed by atoms with E-state index in [-0.39, 0.29) is 6.10 Å². The highest BCUT2D eigenvalue weighted by molar-refractivity contribution is 5.42. The van der Waals surface area contributed by atoms with E-state index in [4.69, 9.17) is 4.74 Å². The van der Waals surface area contributed by atoms with Crippen LogP contribution in [0.5, 0.6) is 5.75 Å². The van der Waals surface area contributed by atoms with Gasteiger partial charge in [-0.1, -0.05) is 12.1 Å². The number of hydrogen-bond acceptors (Lipinski definition) is 2. The van der Waals surface area contributed by atoms with Gasteiger partial charge in [0, 0.05) is 0 Å². The maximum absolute atomic E-state index is 9.80. The number of aliphatic hydroxyl groups is 1. The third-order valence-corrected chi connectivity index (χ3v) is 2.73. The smallest absolute Gasteiger partial charge is 0.122 e. The van der Waals surface area contributed by atoms with E-state index in [0.29, 0.717) is 6.61 Å². The minimum Gasteiger partial charge on any atom is -0.494 e. The summed E-state index contributed by atoms with van der Waals surface area (Å²) < 4.78 is 5.54. The van der Waals surface area contributed by atoms with Crippen molar-refractivity contribution in [1.82, 2.24) is 0 Å². The minimum atomic E-state index is -0.292. The molecule has 0 saturated carbocycles. The first-order valence-corrected chi connectivity index (χ1v) is 5.25. The van der Waals surface area contributed by atoms with Crippen molar-refractivity contribution in [3.05, 3.63) is 29.3 Å². The van der Waals surface area contributed by atoms with Crippen molar-refractivity contribution in [2.45, 2.75) is 32.3 Å². The van der Waals surface area contributed by atoms with Gasteiger partial charge in [0.1, 0.15) is 5.75 Å². The van der Waals surface area contributed by atoms with E-state index in [2.05, 4.69) is 0 Å². The Morgan fingerprint density at radius 2 is 2.36 bits per heavy atom. The molecule has 0 bridgehead atoms. The molecule has 14 heavy (non-hydrogen) atoms. The normalized spacial score (nSPS) is 20.3. The summed E-state index contributed by atoms with van der Waals surface area (Å²) >= 11 is 0. The molecule has 0 spiro atoms. The summed E-state index contributed by atoms with van der Waals surface area (Å²) in [5.74, 6) is 0.948. The average molecular weight is 192 g/mol. The van der Waals surface area contributed by atoms with E-state index in [0.717, 1.165) is 30.6 Å². The molecule has 0 radical (unpaired) electrons. The largest absolute Gasteiger partial charge is 0.494 e. The molecule has 1 aliphatic rings. The predicted molar refractivity (Wildman–Crippen MR) is 55.5 cm³/mol. The Morgan fingerprint density at radius 3 is 3.14 bits per heavy atom. The first kappa shape index (κ1) is 9.53. The molecule has 0 amide bonds. The van der Waals surface area contributed by atoms with Crippen LogP contribution >= 0.6 is 0 Å². The zero-order valence-electron chi connectivity index (χ0n) is 8.49. The number of fused-ring (bicyclic) bond motifs is 1. The number of hydrogen-bond donors (Lipinski definition) is 1. The van der Waals surface area contributed by atoms with Gasteiger partial charge >= 0.3 is 0 Å². The maximum Gasteiger partial charge on any atom is 0.122 e. The molecule has 1 unspecified atom stereocenters. The highest BCUT2D eigenvalue weighted by Crippen LogP contribution is 2.34. The molecule has 2 rings (SSSR count). The Morgan fingerprint density at radius 1 is 1.50 bits per heavy atom. The number of benzene rings is 1. The quantitative estimate of drug-likeness (QED) is 0.780. The molecule has 0 fully saturated rings. The highest BCUT2D eigenvalue weighted by Gasteiger charge is 2.20. The molecule has 1 N–H and O–H groups in total. The second kappa shape index (κ2) is 4.01. The van der Waals surface area contributed by atoms with Crippen LogP contribution in [0.2, 0.25) is 0 Å². The standard InChI is InChI=1S/C12H16O2/c1-2-14-12-8-4-5-9-10(12)6-3-7-11(9)13/h4-5,8,11,13H,2-3,6-7H2,1H3. The van der Waals surface area contributed by atoms with Crippen LogP contribution in [0.15, 0.2) is 18.2 Å². The van der Waals surface area contributed by atoms with Gasteiger partial charge in [-0.15, -0.1) is 0 Å². The molecule has 0 aromatic heterocycles. The lowest BCUT2D eigenvalue weighted by Crippen LogP contribution is -2.10.